The van der Waals surface area contributed by atoms with Gasteiger partial charge in [0.05, 0.1) is 6.10 Å². The second-order valence-corrected chi connectivity index (χ2v) is 5.14. The molecule has 0 aliphatic rings. The molecule has 1 atom stereocenters. The van der Waals surface area contributed by atoms with Crippen molar-refractivity contribution in [1.29, 1.82) is 0 Å². The number of aliphatic hydroxyl groups is 1. The van der Waals surface area contributed by atoms with Crippen molar-refractivity contribution in [1.82, 2.24) is 0 Å². The minimum atomic E-state index is -0.222. The minimum absolute atomic E-state index is 0.222. The van der Waals surface area contributed by atoms with Crippen molar-refractivity contribution in [2.24, 2.45) is 5.92 Å². The van der Waals surface area contributed by atoms with E-state index in [1.54, 1.807) is 0 Å². The monoisotopic (exact) mass is 240 g/mol. The van der Waals surface area contributed by atoms with Crippen molar-refractivity contribution < 1.29 is 5.11 Å². The van der Waals surface area contributed by atoms with Crippen LogP contribution in [-0.2, 0) is 0 Å². The molecule has 0 aliphatic carbocycles. The van der Waals surface area contributed by atoms with Crippen LogP contribution in [0.3, 0.4) is 0 Å². The lowest BCUT2D eigenvalue weighted by molar-refractivity contribution is 0.208. The largest absolute Gasteiger partial charge is 0.389 e. The highest BCUT2D eigenvalue weighted by molar-refractivity contribution is 4.93. The summed E-state index contributed by atoms with van der Waals surface area (Å²) in [5, 5.41) is 9.79. The van der Waals surface area contributed by atoms with Gasteiger partial charge in [0.1, 0.15) is 0 Å². The van der Waals surface area contributed by atoms with Gasteiger partial charge in [-0.3, -0.25) is 0 Å². The van der Waals surface area contributed by atoms with E-state index >= 15 is 0 Å². The minimum Gasteiger partial charge on any atom is -0.389 e. The SMILES string of the molecule is CCCCC(/C=C/[C@@H](O)CCCC)CCCC. The number of unbranched alkanes of at least 4 members (excludes halogenated alkanes) is 3. The predicted octanol–water partition coefficient (Wildman–Crippen LogP) is 5.09. The van der Waals surface area contributed by atoms with E-state index in [2.05, 4.69) is 26.8 Å². The van der Waals surface area contributed by atoms with Gasteiger partial charge in [-0.25, -0.2) is 0 Å². The molecule has 0 bridgehead atoms. The van der Waals surface area contributed by atoms with Gasteiger partial charge >= 0.3 is 0 Å². The molecule has 1 heteroatoms. The van der Waals surface area contributed by atoms with Crippen molar-refractivity contribution >= 4 is 0 Å². The molecule has 0 aromatic heterocycles. The fourth-order valence-electron chi connectivity index (χ4n) is 2.06. The summed E-state index contributed by atoms with van der Waals surface area (Å²) in [6.45, 7) is 6.66. The zero-order valence-corrected chi connectivity index (χ0v) is 12.1. The maximum Gasteiger partial charge on any atom is 0.0721 e. The maximum atomic E-state index is 9.79. The smallest absolute Gasteiger partial charge is 0.0721 e. The molecule has 0 unspecified atom stereocenters. The van der Waals surface area contributed by atoms with Crippen molar-refractivity contribution in [3.63, 3.8) is 0 Å². The lowest BCUT2D eigenvalue weighted by atomic mass is 9.95. The lowest BCUT2D eigenvalue weighted by Crippen LogP contribution is -2.04. The molecule has 0 fully saturated rings. The second-order valence-electron chi connectivity index (χ2n) is 5.14. The van der Waals surface area contributed by atoms with Crippen LogP contribution in [0, 0.1) is 5.92 Å². The Balaban J connectivity index is 3.96. The van der Waals surface area contributed by atoms with Gasteiger partial charge in [0.2, 0.25) is 0 Å². The van der Waals surface area contributed by atoms with E-state index in [0.29, 0.717) is 5.92 Å². The first kappa shape index (κ1) is 16.7. The Labute approximate surface area is 108 Å². The fraction of sp³-hybridized carbons (Fsp3) is 0.875. The van der Waals surface area contributed by atoms with Crippen LogP contribution in [0.2, 0.25) is 0 Å². The van der Waals surface area contributed by atoms with E-state index in [-0.39, 0.29) is 6.10 Å². The molecule has 0 heterocycles. The Morgan fingerprint density at radius 3 is 1.71 bits per heavy atom. The van der Waals surface area contributed by atoms with E-state index < -0.39 is 0 Å². The standard InChI is InChI=1S/C16H32O/c1-4-7-10-15(11-8-5-2)13-14-16(17)12-9-6-3/h13-17H,4-12H2,1-3H3/b14-13+/t16-/m0/s1. The summed E-state index contributed by atoms with van der Waals surface area (Å²) >= 11 is 0. The summed E-state index contributed by atoms with van der Waals surface area (Å²) in [5.74, 6) is 0.686. The number of rotatable bonds is 11. The van der Waals surface area contributed by atoms with Gasteiger partial charge in [-0.15, -0.1) is 0 Å². The van der Waals surface area contributed by atoms with Crippen LogP contribution in [0.15, 0.2) is 12.2 Å². The molecule has 0 rings (SSSR count). The van der Waals surface area contributed by atoms with Crippen LogP contribution < -0.4 is 0 Å². The summed E-state index contributed by atoms with van der Waals surface area (Å²) in [6, 6.07) is 0. The molecule has 1 nitrogen and oxygen atoms in total. The number of allylic oxidation sites excluding steroid dienone is 1. The van der Waals surface area contributed by atoms with Gasteiger partial charge < -0.3 is 5.11 Å². The highest BCUT2D eigenvalue weighted by Gasteiger charge is 2.05. The fourth-order valence-corrected chi connectivity index (χ4v) is 2.06. The van der Waals surface area contributed by atoms with Crippen LogP contribution in [0.25, 0.3) is 0 Å². The van der Waals surface area contributed by atoms with Gasteiger partial charge in [-0.1, -0.05) is 71.4 Å². The molecule has 0 spiro atoms. The molecule has 0 aromatic carbocycles. The van der Waals surface area contributed by atoms with Crippen molar-refractivity contribution in [3.05, 3.63) is 12.2 Å². The molecular formula is C16H32O. The average Bonchev–Trinajstić information content (AvgIpc) is 2.35. The van der Waals surface area contributed by atoms with Gasteiger partial charge in [-0.2, -0.15) is 0 Å². The van der Waals surface area contributed by atoms with E-state index in [1.165, 1.54) is 44.9 Å². The first-order valence-corrected chi connectivity index (χ1v) is 7.60. The van der Waals surface area contributed by atoms with Gasteiger partial charge in [0.15, 0.2) is 0 Å². The Kier molecular flexibility index (Phi) is 12.0. The number of aliphatic hydroxyl groups excluding tert-OH is 1. The van der Waals surface area contributed by atoms with Crippen LogP contribution >= 0.6 is 0 Å². The first-order valence-electron chi connectivity index (χ1n) is 7.60. The topological polar surface area (TPSA) is 20.2 Å². The molecule has 0 aromatic rings. The third-order valence-electron chi connectivity index (χ3n) is 3.32. The third-order valence-corrected chi connectivity index (χ3v) is 3.32. The molecule has 0 radical (unpaired) electrons. The third kappa shape index (κ3) is 10.6. The molecular weight excluding hydrogens is 208 g/mol. The Bertz CT molecular complexity index is 166. The molecule has 17 heavy (non-hydrogen) atoms. The van der Waals surface area contributed by atoms with Crippen LogP contribution in [0.5, 0.6) is 0 Å². The van der Waals surface area contributed by atoms with E-state index in [0.717, 1.165) is 12.8 Å². The van der Waals surface area contributed by atoms with Gasteiger partial charge in [0, 0.05) is 0 Å². The zero-order chi connectivity index (χ0) is 12.9. The number of hydrogen-bond acceptors (Lipinski definition) is 1. The van der Waals surface area contributed by atoms with Crippen LogP contribution in [0.4, 0.5) is 0 Å². The molecule has 0 amide bonds. The normalized spacial score (nSPS) is 13.7. The summed E-state index contributed by atoms with van der Waals surface area (Å²) in [7, 11) is 0. The lowest BCUT2D eigenvalue weighted by Gasteiger charge is -2.12. The quantitative estimate of drug-likeness (QED) is 0.499. The maximum absolute atomic E-state index is 9.79. The van der Waals surface area contributed by atoms with E-state index in [9.17, 15) is 5.11 Å². The summed E-state index contributed by atoms with van der Waals surface area (Å²) < 4.78 is 0. The van der Waals surface area contributed by atoms with Crippen LogP contribution in [-0.4, -0.2) is 11.2 Å². The molecule has 0 saturated heterocycles. The molecule has 0 saturated carbocycles. The van der Waals surface area contributed by atoms with Crippen molar-refractivity contribution in [3.8, 4) is 0 Å². The van der Waals surface area contributed by atoms with Gasteiger partial charge in [0.25, 0.3) is 0 Å². The highest BCUT2D eigenvalue weighted by atomic mass is 16.3. The Morgan fingerprint density at radius 2 is 1.24 bits per heavy atom. The summed E-state index contributed by atoms with van der Waals surface area (Å²) in [6.07, 6.45) is 15.0. The summed E-state index contributed by atoms with van der Waals surface area (Å²) in [4.78, 5) is 0. The highest BCUT2D eigenvalue weighted by Crippen LogP contribution is 2.18. The first-order chi connectivity index (χ1) is 8.24. The van der Waals surface area contributed by atoms with E-state index in [1.807, 2.05) is 6.08 Å². The molecule has 1 N–H and O–H groups in total. The number of hydrogen-bond donors (Lipinski definition) is 1. The van der Waals surface area contributed by atoms with E-state index in [4.69, 9.17) is 0 Å². The Hall–Kier alpha value is -0.300. The predicted molar refractivity (Wildman–Crippen MR) is 77.2 cm³/mol. The second kappa shape index (κ2) is 12.2. The van der Waals surface area contributed by atoms with Crippen molar-refractivity contribution in [2.75, 3.05) is 0 Å². The zero-order valence-electron chi connectivity index (χ0n) is 12.1. The average molecular weight is 240 g/mol. The molecule has 0 aliphatic heterocycles. The van der Waals surface area contributed by atoms with Crippen LogP contribution in [0.1, 0.15) is 78.6 Å². The molecule has 102 valence electrons. The van der Waals surface area contributed by atoms with Crippen molar-refractivity contribution in [2.45, 2.75) is 84.7 Å². The van der Waals surface area contributed by atoms with Gasteiger partial charge in [-0.05, 0) is 25.2 Å². The Morgan fingerprint density at radius 1 is 0.765 bits per heavy atom. The summed E-state index contributed by atoms with van der Waals surface area (Å²) in [5.41, 5.74) is 0.